The van der Waals surface area contributed by atoms with Gasteiger partial charge in [-0.25, -0.2) is 12.8 Å². The normalized spacial score (nSPS) is 12.1. The summed E-state index contributed by atoms with van der Waals surface area (Å²) in [6.45, 7) is 5.20. The number of amides is 2. The molecule has 3 rings (SSSR count). The highest BCUT2D eigenvalue weighted by atomic mass is 35.5. The Bertz CT molecular complexity index is 1420. The summed E-state index contributed by atoms with van der Waals surface area (Å²) < 4.78 is 47.3. The summed E-state index contributed by atoms with van der Waals surface area (Å²) in [7, 11) is -2.83. The largest absolute Gasteiger partial charge is 0.497 e. The lowest BCUT2D eigenvalue weighted by molar-refractivity contribution is -0.139. The van der Waals surface area contributed by atoms with E-state index in [2.05, 4.69) is 5.32 Å². The fourth-order valence-electron chi connectivity index (χ4n) is 3.86. The molecule has 0 spiro atoms. The summed E-state index contributed by atoms with van der Waals surface area (Å²) in [5.41, 5.74) is 0.674. The van der Waals surface area contributed by atoms with Crippen molar-refractivity contribution in [2.45, 2.75) is 38.3 Å². The average molecular weight is 590 g/mol. The second-order valence-corrected chi connectivity index (χ2v) is 11.9. The Morgan fingerprint density at radius 3 is 2.17 bits per heavy atom. The maximum Gasteiger partial charge on any atom is 0.264 e. The highest BCUT2D eigenvalue weighted by Gasteiger charge is 2.33. The first kappa shape index (κ1) is 30.9. The Hall–Kier alpha value is -3.63. The van der Waals surface area contributed by atoms with Crippen molar-refractivity contribution < 1.29 is 27.1 Å². The molecule has 0 aliphatic heterocycles. The molecule has 0 heterocycles. The van der Waals surface area contributed by atoms with Crippen LogP contribution in [0.25, 0.3) is 0 Å². The molecule has 8 nitrogen and oxygen atoms in total. The van der Waals surface area contributed by atoms with E-state index in [0.29, 0.717) is 22.9 Å². The minimum absolute atomic E-state index is 0.0331. The first-order valence-corrected chi connectivity index (χ1v) is 14.5. The molecule has 40 heavy (non-hydrogen) atoms. The molecule has 3 aromatic rings. The van der Waals surface area contributed by atoms with E-state index in [1.165, 1.54) is 48.4 Å². The van der Waals surface area contributed by atoms with Crippen LogP contribution in [0.5, 0.6) is 5.75 Å². The summed E-state index contributed by atoms with van der Waals surface area (Å²) >= 11 is 6.36. The molecule has 0 bridgehead atoms. The molecule has 0 saturated heterocycles. The van der Waals surface area contributed by atoms with Crippen LogP contribution in [0.15, 0.2) is 77.7 Å². The summed E-state index contributed by atoms with van der Waals surface area (Å²) in [5, 5.41) is 3.22. The minimum Gasteiger partial charge on any atom is -0.497 e. The third kappa shape index (κ3) is 7.73. The van der Waals surface area contributed by atoms with Gasteiger partial charge in [-0.2, -0.15) is 0 Å². The number of benzene rings is 3. The van der Waals surface area contributed by atoms with Crippen LogP contribution in [0, 0.1) is 11.7 Å². The molecule has 0 aromatic heterocycles. The molecular formula is C29H33ClFN3O5S. The molecule has 0 aliphatic rings. The lowest BCUT2D eigenvalue weighted by Gasteiger charge is -2.32. The van der Waals surface area contributed by atoms with Gasteiger partial charge in [-0.3, -0.25) is 13.9 Å². The van der Waals surface area contributed by atoms with E-state index < -0.39 is 34.3 Å². The number of carbonyl (C=O) groups is 2. The highest BCUT2D eigenvalue weighted by molar-refractivity contribution is 7.92. The van der Waals surface area contributed by atoms with Crippen LogP contribution in [0.3, 0.4) is 0 Å². The van der Waals surface area contributed by atoms with E-state index in [0.717, 1.165) is 16.4 Å². The zero-order valence-electron chi connectivity index (χ0n) is 22.8. The molecule has 3 aromatic carbocycles. The minimum atomic E-state index is -4.29. The fraction of sp³-hybridized carbons (Fsp3) is 0.310. The molecule has 0 unspecified atom stereocenters. The molecular weight excluding hydrogens is 557 g/mol. The summed E-state index contributed by atoms with van der Waals surface area (Å²) in [6.07, 6.45) is 0. The van der Waals surface area contributed by atoms with Crippen molar-refractivity contribution in [2.75, 3.05) is 24.5 Å². The van der Waals surface area contributed by atoms with E-state index in [-0.39, 0.29) is 29.0 Å². The van der Waals surface area contributed by atoms with Gasteiger partial charge in [0.2, 0.25) is 11.8 Å². The van der Waals surface area contributed by atoms with Crippen molar-refractivity contribution >= 4 is 39.1 Å². The van der Waals surface area contributed by atoms with Gasteiger partial charge >= 0.3 is 0 Å². The Balaban J connectivity index is 2.02. The Labute approximate surface area is 239 Å². The van der Waals surface area contributed by atoms with Crippen LogP contribution in [0.2, 0.25) is 5.02 Å². The molecule has 0 radical (unpaired) electrons. The monoisotopic (exact) mass is 589 g/mol. The van der Waals surface area contributed by atoms with Crippen LogP contribution in [-0.4, -0.2) is 51.4 Å². The van der Waals surface area contributed by atoms with Gasteiger partial charge in [0.25, 0.3) is 10.0 Å². The van der Waals surface area contributed by atoms with E-state index in [9.17, 15) is 22.4 Å². The maximum atomic E-state index is 13.9. The Kier molecular flexibility index (Phi) is 10.5. The number of methoxy groups -OCH3 is 1. The van der Waals surface area contributed by atoms with E-state index in [1.54, 1.807) is 31.2 Å². The quantitative estimate of drug-likeness (QED) is 0.325. The first-order valence-electron chi connectivity index (χ1n) is 12.7. The number of nitrogens with zero attached hydrogens (tertiary/aromatic N) is 2. The van der Waals surface area contributed by atoms with Crippen LogP contribution >= 0.6 is 11.6 Å². The van der Waals surface area contributed by atoms with Gasteiger partial charge in [-0.15, -0.1) is 0 Å². The second kappa shape index (κ2) is 13.6. The Morgan fingerprint density at radius 2 is 1.60 bits per heavy atom. The Morgan fingerprint density at radius 1 is 0.975 bits per heavy atom. The maximum absolute atomic E-state index is 13.9. The number of hydrogen-bond acceptors (Lipinski definition) is 5. The number of nitrogens with one attached hydrogen (secondary N) is 1. The van der Waals surface area contributed by atoms with Gasteiger partial charge in [0.05, 0.1) is 17.7 Å². The van der Waals surface area contributed by atoms with Crippen molar-refractivity contribution in [1.29, 1.82) is 0 Å². The molecule has 2 amide bonds. The lowest BCUT2D eigenvalue weighted by Crippen LogP contribution is -2.51. The molecule has 0 fully saturated rings. The lowest BCUT2D eigenvalue weighted by atomic mass is 10.1. The molecule has 214 valence electrons. The second-order valence-electron chi connectivity index (χ2n) is 9.59. The number of anilines is 1. The summed E-state index contributed by atoms with van der Waals surface area (Å²) in [6, 6.07) is 16.4. The van der Waals surface area contributed by atoms with Gasteiger partial charge in [-0.05, 0) is 73.0 Å². The molecule has 0 saturated carbocycles. The zero-order chi connectivity index (χ0) is 29.4. The van der Waals surface area contributed by atoms with Crippen LogP contribution in [0.1, 0.15) is 26.3 Å². The summed E-state index contributed by atoms with van der Waals surface area (Å²) in [4.78, 5) is 28.1. The zero-order valence-corrected chi connectivity index (χ0v) is 24.4. The number of ether oxygens (including phenoxy) is 1. The number of hydrogen-bond donors (Lipinski definition) is 1. The van der Waals surface area contributed by atoms with Gasteiger partial charge in [-0.1, -0.05) is 43.6 Å². The van der Waals surface area contributed by atoms with Crippen molar-refractivity contribution in [3.8, 4) is 5.75 Å². The average Bonchev–Trinajstić information content (AvgIpc) is 2.94. The molecule has 11 heteroatoms. The van der Waals surface area contributed by atoms with Crippen LogP contribution in [-0.2, 0) is 26.2 Å². The number of carbonyl (C=O) groups excluding carboxylic acids is 2. The molecule has 0 aliphatic carbocycles. The topological polar surface area (TPSA) is 96.0 Å². The van der Waals surface area contributed by atoms with Gasteiger partial charge < -0.3 is 15.0 Å². The number of rotatable bonds is 12. The van der Waals surface area contributed by atoms with Crippen molar-refractivity contribution in [1.82, 2.24) is 10.2 Å². The summed E-state index contributed by atoms with van der Waals surface area (Å²) in [5.74, 6) is -0.954. The predicted octanol–water partition coefficient (Wildman–Crippen LogP) is 4.87. The molecule has 1 atom stereocenters. The van der Waals surface area contributed by atoms with Gasteiger partial charge in [0.15, 0.2) is 0 Å². The smallest absolute Gasteiger partial charge is 0.264 e. The van der Waals surface area contributed by atoms with E-state index in [1.807, 2.05) is 13.8 Å². The standard InChI is InChI=1S/C29H33ClFN3O5S/c1-20(2)17-32-29(36)21(3)33(18-22-7-5-6-8-27(22)30)28(35)19-34(24-11-9-23(31)10-12-24)40(37,38)26-15-13-25(39-4)14-16-26/h5-16,20-21H,17-19H2,1-4H3,(H,32,36)/t21-/m1/s1. The van der Waals surface area contributed by atoms with Crippen molar-refractivity contribution in [3.05, 3.63) is 89.2 Å². The van der Waals surface area contributed by atoms with Crippen LogP contribution in [0.4, 0.5) is 10.1 Å². The van der Waals surface area contributed by atoms with Gasteiger partial charge in [0.1, 0.15) is 24.2 Å². The van der Waals surface area contributed by atoms with E-state index >= 15 is 0 Å². The predicted molar refractivity (Wildman–Crippen MR) is 153 cm³/mol. The number of sulfonamides is 1. The van der Waals surface area contributed by atoms with Crippen molar-refractivity contribution in [3.63, 3.8) is 0 Å². The third-order valence-corrected chi connectivity index (χ3v) is 8.35. The van der Waals surface area contributed by atoms with Gasteiger partial charge in [0, 0.05) is 18.1 Å². The highest BCUT2D eigenvalue weighted by Crippen LogP contribution is 2.26. The third-order valence-electron chi connectivity index (χ3n) is 6.19. The first-order chi connectivity index (χ1) is 18.9. The van der Waals surface area contributed by atoms with Crippen molar-refractivity contribution in [2.24, 2.45) is 5.92 Å². The SMILES string of the molecule is COc1ccc(S(=O)(=O)N(CC(=O)N(Cc2ccccc2Cl)[C@H](C)C(=O)NCC(C)C)c2ccc(F)cc2)cc1. The van der Waals surface area contributed by atoms with E-state index in [4.69, 9.17) is 16.3 Å². The number of halogens is 2. The van der Waals surface area contributed by atoms with Crippen LogP contribution < -0.4 is 14.4 Å². The fourth-order valence-corrected chi connectivity index (χ4v) is 5.47. The molecule has 1 N–H and O–H groups in total.